The summed E-state index contributed by atoms with van der Waals surface area (Å²) in [5.41, 5.74) is 1.59. The van der Waals surface area contributed by atoms with Crippen molar-refractivity contribution in [3.63, 3.8) is 0 Å². The van der Waals surface area contributed by atoms with Crippen LogP contribution in [-0.2, 0) is 9.59 Å². The number of carbonyl (C=O) groups excluding carboxylic acids is 2. The van der Waals surface area contributed by atoms with Crippen molar-refractivity contribution in [3.8, 4) is 17.6 Å². The Labute approximate surface area is 177 Å². The summed E-state index contributed by atoms with van der Waals surface area (Å²) in [4.78, 5) is 26.6. The van der Waals surface area contributed by atoms with Gasteiger partial charge in [-0.25, -0.2) is 0 Å². The van der Waals surface area contributed by atoms with E-state index in [1.165, 1.54) is 0 Å². The summed E-state index contributed by atoms with van der Waals surface area (Å²) in [7, 11) is 3.12. The van der Waals surface area contributed by atoms with Crippen LogP contribution in [0.5, 0.6) is 11.5 Å². The van der Waals surface area contributed by atoms with Crippen molar-refractivity contribution in [2.45, 2.75) is 32.2 Å². The Balaban J connectivity index is 1.95. The van der Waals surface area contributed by atoms with Crippen molar-refractivity contribution in [1.82, 2.24) is 5.32 Å². The van der Waals surface area contributed by atoms with Gasteiger partial charge in [0.25, 0.3) is 0 Å². The fraction of sp³-hybridized carbons (Fsp3) is 0.348. The number of rotatable bonds is 10. The Hall–Kier alpha value is -3.53. The zero-order valence-electron chi connectivity index (χ0n) is 17.6. The lowest BCUT2D eigenvalue weighted by atomic mass is 10.1. The fourth-order valence-corrected chi connectivity index (χ4v) is 3.04. The number of nitriles is 1. The summed E-state index contributed by atoms with van der Waals surface area (Å²) >= 11 is 0. The first-order valence-corrected chi connectivity index (χ1v) is 9.73. The molecule has 0 aliphatic heterocycles. The summed E-state index contributed by atoms with van der Waals surface area (Å²) in [6.45, 7) is 2.16. The number of carbonyl (C=O) groups is 2. The highest BCUT2D eigenvalue weighted by molar-refractivity contribution is 5.95. The number of nitrogens with one attached hydrogen (secondary N) is 1. The molecule has 0 saturated heterocycles. The van der Waals surface area contributed by atoms with Gasteiger partial charge in [-0.15, -0.1) is 0 Å². The number of amides is 2. The van der Waals surface area contributed by atoms with Gasteiger partial charge in [0.05, 0.1) is 32.8 Å². The van der Waals surface area contributed by atoms with E-state index in [4.69, 9.17) is 14.7 Å². The largest absolute Gasteiger partial charge is 0.493 e. The lowest BCUT2D eigenvalue weighted by Gasteiger charge is -2.22. The van der Waals surface area contributed by atoms with Gasteiger partial charge >= 0.3 is 0 Å². The molecule has 0 spiro atoms. The molecule has 0 saturated carbocycles. The van der Waals surface area contributed by atoms with Crippen LogP contribution in [0.1, 0.15) is 37.8 Å². The Morgan fingerprint density at radius 2 is 1.77 bits per heavy atom. The van der Waals surface area contributed by atoms with Gasteiger partial charge in [0, 0.05) is 25.1 Å². The summed E-state index contributed by atoms with van der Waals surface area (Å²) in [5, 5.41) is 11.8. The van der Waals surface area contributed by atoms with Gasteiger partial charge < -0.3 is 19.7 Å². The highest BCUT2D eigenvalue weighted by atomic mass is 16.5. The van der Waals surface area contributed by atoms with Crippen molar-refractivity contribution >= 4 is 17.5 Å². The van der Waals surface area contributed by atoms with E-state index in [0.717, 1.165) is 11.3 Å². The maximum Gasteiger partial charge on any atom is 0.227 e. The lowest BCUT2D eigenvalue weighted by Crippen LogP contribution is -2.33. The molecule has 0 aromatic heterocycles. The van der Waals surface area contributed by atoms with Gasteiger partial charge in [0.2, 0.25) is 11.8 Å². The minimum absolute atomic E-state index is 0.0603. The van der Waals surface area contributed by atoms with E-state index >= 15 is 0 Å². The van der Waals surface area contributed by atoms with E-state index in [1.807, 2.05) is 49.4 Å². The van der Waals surface area contributed by atoms with Crippen LogP contribution < -0.4 is 19.7 Å². The topological polar surface area (TPSA) is 91.7 Å². The van der Waals surface area contributed by atoms with Crippen molar-refractivity contribution in [1.29, 1.82) is 5.26 Å². The average Bonchev–Trinajstić information content (AvgIpc) is 2.78. The van der Waals surface area contributed by atoms with Crippen molar-refractivity contribution < 1.29 is 19.1 Å². The van der Waals surface area contributed by atoms with E-state index in [2.05, 4.69) is 11.4 Å². The van der Waals surface area contributed by atoms with Gasteiger partial charge in [-0.2, -0.15) is 5.26 Å². The molecule has 0 aliphatic rings. The Morgan fingerprint density at radius 3 is 2.40 bits per heavy atom. The molecule has 2 aromatic rings. The average molecular weight is 409 g/mol. The molecule has 30 heavy (non-hydrogen) atoms. The molecule has 0 heterocycles. The molecule has 0 bridgehead atoms. The molecule has 0 fully saturated rings. The first-order chi connectivity index (χ1) is 14.5. The zero-order valence-corrected chi connectivity index (χ0v) is 17.6. The number of nitrogens with zero attached hydrogens (tertiary/aromatic N) is 2. The molecule has 1 unspecified atom stereocenters. The maximum atomic E-state index is 12.7. The maximum absolute atomic E-state index is 12.7. The summed E-state index contributed by atoms with van der Waals surface area (Å²) in [5.74, 6) is 0.787. The van der Waals surface area contributed by atoms with Crippen LogP contribution in [0.4, 0.5) is 5.69 Å². The standard InChI is InChI=1S/C23H27N3O4/c1-17(18-10-11-20(29-2)21(16-18)30-3)25-22(27)12-13-23(28)26(15-7-14-24)19-8-5-4-6-9-19/h4-6,8-11,16-17H,7,12-13,15H2,1-3H3,(H,25,27). The van der Waals surface area contributed by atoms with Gasteiger partial charge in [-0.1, -0.05) is 24.3 Å². The molecule has 0 radical (unpaired) electrons. The predicted molar refractivity (Wildman–Crippen MR) is 114 cm³/mol. The molecule has 0 aliphatic carbocycles. The first-order valence-electron chi connectivity index (χ1n) is 9.73. The molecule has 158 valence electrons. The third-order valence-corrected chi connectivity index (χ3v) is 4.67. The number of hydrogen-bond acceptors (Lipinski definition) is 5. The van der Waals surface area contributed by atoms with Gasteiger partial charge in [-0.05, 0) is 36.8 Å². The van der Waals surface area contributed by atoms with E-state index in [-0.39, 0.29) is 37.1 Å². The smallest absolute Gasteiger partial charge is 0.227 e. The van der Waals surface area contributed by atoms with Crippen LogP contribution in [0, 0.1) is 11.3 Å². The third-order valence-electron chi connectivity index (χ3n) is 4.67. The van der Waals surface area contributed by atoms with Crippen LogP contribution >= 0.6 is 0 Å². The summed E-state index contributed by atoms with van der Waals surface area (Å²) in [6.07, 6.45) is 0.348. The Kier molecular flexibility index (Phi) is 8.70. The SMILES string of the molecule is COc1ccc(C(C)NC(=O)CCC(=O)N(CCC#N)c2ccccc2)cc1OC. The first kappa shape index (κ1) is 22.8. The Morgan fingerprint density at radius 1 is 1.07 bits per heavy atom. The summed E-state index contributed by atoms with van der Waals surface area (Å²) in [6, 6.07) is 16.4. The van der Waals surface area contributed by atoms with Crippen molar-refractivity contribution in [2.75, 3.05) is 25.7 Å². The number of anilines is 1. The van der Waals surface area contributed by atoms with Crippen LogP contribution in [0.15, 0.2) is 48.5 Å². The molecule has 1 atom stereocenters. The number of hydrogen-bond donors (Lipinski definition) is 1. The molecule has 7 heteroatoms. The highest BCUT2D eigenvalue weighted by Gasteiger charge is 2.18. The number of benzene rings is 2. The third kappa shape index (κ3) is 6.24. The molecule has 1 N–H and O–H groups in total. The zero-order chi connectivity index (χ0) is 21.9. The van der Waals surface area contributed by atoms with Crippen LogP contribution in [-0.4, -0.2) is 32.6 Å². The molecule has 2 amide bonds. The molecule has 7 nitrogen and oxygen atoms in total. The van der Waals surface area contributed by atoms with Crippen LogP contribution in [0.25, 0.3) is 0 Å². The second-order valence-electron chi connectivity index (χ2n) is 6.69. The van der Waals surface area contributed by atoms with Gasteiger partial charge in [0.1, 0.15) is 0 Å². The van der Waals surface area contributed by atoms with E-state index in [1.54, 1.807) is 25.2 Å². The predicted octanol–water partition coefficient (Wildman–Crippen LogP) is 3.61. The van der Waals surface area contributed by atoms with Gasteiger partial charge in [0.15, 0.2) is 11.5 Å². The normalized spacial score (nSPS) is 11.1. The minimum Gasteiger partial charge on any atom is -0.493 e. The second-order valence-corrected chi connectivity index (χ2v) is 6.69. The highest BCUT2D eigenvalue weighted by Crippen LogP contribution is 2.29. The van der Waals surface area contributed by atoms with Gasteiger partial charge in [-0.3, -0.25) is 9.59 Å². The summed E-state index contributed by atoms with van der Waals surface area (Å²) < 4.78 is 10.5. The Bertz CT molecular complexity index is 893. The van der Waals surface area contributed by atoms with Crippen molar-refractivity contribution in [3.05, 3.63) is 54.1 Å². The quantitative estimate of drug-likeness (QED) is 0.647. The molecule has 2 rings (SSSR count). The van der Waals surface area contributed by atoms with Crippen molar-refractivity contribution in [2.24, 2.45) is 0 Å². The molecule has 2 aromatic carbocycles. The monoisotopic (exact) mass is 409 g/mol. The van der Waals surface area contributed by atoms with E-state index in [0.29, 0.717) is 18.0 Å². The van der Waals surface area contributed by atoms with Crippen LogP contribution in [0.3, 0.4) is 0 Å². The number of ether oxygens (including phenoxy) is 2. The van der Waals surface area contributed by atoms with Crippen LogP contribution in [0.2, 0.25) is 0 Å². The minimum atomic E-state index is -0.253. The van der Waals surface area contributed by atoms with E-state index < -0.39 is 0 Å². The second kappa shape index (κ2) is 11.5. The van der Waals surface area contributed by atoms with E-state index in [9.17, 15) is 9.59 Å². The molecular weight excluding hydrogens is 382 g/mol. The number of methoxy groups -OCH3 is 2. The lowest BCUT2D eigenvalue weighted by molar-refractivity contribution is -0.125. The fourth-order valence-electron chi connectivity index (χ4n) is 3.04. The number of para-hydroxylation sites is 1. The molecular formula is C23H27N3O4.